The minimum atomic E-state index is -2.10. The van der Waals surface area contributed by atoms with E-state index in [0.717, 1.165) is 0 Å². The molecule has 0 spiro atoms. The third-order valence-corrected chi connectivity index (χ3v) is 20.1. The predicted molar refractivity (Wildman–Crippen MR) is 71.8 cm³/mol. The molecule has 0 saturated carbocycles. The van der Waals surface area contributed by atoms with Gasteiger partial charge in [0.1, 0.15) is 0 Å². The summed E-state index contributed by atoms with van der Waals surface area (Å²) in [5.41, 5.74) is 0. The Kier molecular flexibility index (Phi) is 8.68. The first-order valence-corrected chi connectivity index (χ1v) is 13.9. The van der Waals surface area contributed by atoms with Crippen molar-refractivity contribution >= 4 is 18.4 Å². The Hall–Kier alpha value is 0.339. The summed E-state index contributed by atoms with van der Waals surface area (Å²) in [7, 11) is 1.86. The van der Waals surface area contributed by atoms with Crippen LogP contribution in [0.3, 0.4) is 0 Å². The van der Waals surface area contributed by atoms with Crippen LogP contribution in [0.2, 0.25) is 13.3 Å². The number of rotatable bonds is 8. The van der Waals surface area contributed by atoms with Crippen LogP contribution >= 0.6 is 0 Å². The van der Waals surface area contributed by atoms with Crippen molar-refractivity contribution in [2.45, 2.75) is 60.3 Å². The van der Waals surface area contributed by atoms with Crippen molar-refractivity contribution in [3.63, 3.8) is 0 Å². The zero-order chi connectivity index (χ0) is 11.7. The molecule has 0 bridgehead atoms. The monoisotopic (exact) mass is 320 g/mol. The second kappa shape index (κ2) is 8.49. The summed E-state index contributed by atoms with van der Waals surface area (Å²) >= 11 is -2.10. The molecule has 0 atom stereocenters. The molecular weight excluding hydrogens is 291 g/mol. The van der Waals surface area contributed by atoms with E-state index < -0.39 is 18.4 Å². The summed E-state index contributed by atoms with van der Waals surface area (Å²) in [6, 6.07) is 0. The van der Waals surface area contributed by atoms with Crippen molar-refractivity contribution in [2.24, 2.45) is 0 Å². The quantitative estimate of drug-likeness (QED) is 0.463. The van der Waals surface area contributed by atoms with Gasteiger partial charge in [-0.05, 0) is 0 Å². The van der Waals surface area contributed by atoms with Crippen molar-refractivity contribution in [1.82, 2.24) is 0 Å². The van der Waals surface area contributed by atoms with Crippen molar-refractivity contribution in [3.8, 4) is 0 Å². The molecule has 0 aliphatic heterocycles. The molecule has 0 aliphatic rings. The predicted octanol–water partition coefficient (Wildman–Crippen LogP) is 4.75. The number of allylic oxidation sites excluding steroid dienone is 1. The fourth-order valence-corrected chi connectivity index (χ4v) is 18.2. The van der Waals surface area contributed by atoms with E-state index in [0.29, 0.717) is 0 Å². The first-order chi connectivity index (χ1) is 7.20. The van der Waals surface area contributed by atoms with E-state index in [4.69, 9.17) is 4.74 Å². The van der Waals surface area contributed by atoms with Crippen LogP contribution in [0.4, 0.5) is 0 Å². The van der Waals surface area contributed by atoms with E-state index in [1.807, 2.05) is 7.11 Å². The fraction of sp³-hybridized carbons (Fsp3) is 0.846. The van der Waals surface area contributed by atoms with Gasteiger partial charge < -0.3 is 0 Å². The van der Waals surface area contributed by atoms with E-state index >= 15 is 0 Å². The van der Waals surface area contributed by atoms with E-state index in [-0.39, 0.29) is 0 Å². The van der Waals surface area contributed by atoms with Crippen molar-refractivity contribution < 1.29 is 4.74 Å². The Balaban J connectivity index is 4.89. The Morgan fingerprint density at radius 1 is 1.00 bits per heavy atom. The maximum atomic E-state index is 5.68. The van der Waals surface area contributed by atoms with Gasteiger partial charge in [0.15, 0.2) is 0 Å². The van der Waals surface area contributed by atoms with Crippen LogP contribution < -0.4 is 0 Å². The van der Waals surface area contributed by atoms with Gasteiger partial charge in [0.25, 0.3) is 0 Å². The molecule has 0 unspecified atom stereocenters. The minimum absolute atomic E-state index is 1.33. The molecule has 90 valence electrons. The Morgan fingerprint density at radius 3 is 1.60 bits per heavy atom. The van der Waals surface area contributed by atoms with E-state index in [1.165, 1.54) is 36.3 Å². The molecule has 0 N–H and O–H groups in total. The number of hydrogen-bond acceptors (Lipinski definition) is 1. The van der Waals surface area contributed by atoms with Crippen LogP contribution in [0.5, 0.6) is 0 Å². The standard InChI is InChI=1S/C4H7O.3C3H7.Sn/c1-3-4-5-2;3*1-3-2;/h3H,1-2H3;3*1,3H2,2H3;. The molecule has 0 aliphatic carbocycles. The molecular formula is C13H28OSn. The fourth-order valence-electron chi connectivity index (χ4n) is 2.82. The Bertz CT molecular complexity index is 170. The van der Waals surface area contributed by atoms with Crippen molar-refractivity contribution in [2.75, 3.05) is 7.11 Å². The van der Waals surface area contributed by atoms with Gasteiger partial charge in [0.2, 0.25) is 0 Å². The van der Waals surface area contributed by atoms with E-state index in [2.05, 4.69) is 33.8 Å². The third-order valence-electron chi connectivity index (χ3n) is 3.19. The topological polar surface area (TPSA) is 9.23 Å². The van der Waals surface area contributed by atoms with Crippen molar-refractivity contribution in [3.05, 3.63) is 9.85 Å². The maximum absolute atomic E-state index is 5.68. The third kappa shape index (κ3) is 4.37. The number of hydrogen-bond donors (Lipinski definition) is 0. The number of methoxy groups -OCH3 is 1. The zero-order valence-corrected chi connectivity index (χ0v) is 14.1. The van der Waals surface area contributed by atoms with Gasteiger partial charge in [0.05, 0.1) is 0 Å². The van der Waals surface area contributed by atoms with E-state index in [9.17, 15) is 0 Å². The molecule has 1 nitrogen and oxygen atoms in total. The first kappa shape index (κ1) is 15.3. The molecule has 0 amide bonds. The summed E-state index contributed by atoms with van der Waals surface area (Å²) in [5.74, 6) is 0. The van der Waals surface area contributed by atoms with Crippen LogP contribution in [-0.2, 0) is 4.74 Å². The summed E-state index contributed by atoms with van der Waals surface area (Å²) in [5, 5.41) is 0. The second-order valence-electron chi connectivity index (χ2n) is 4.39. The summed E-state index contributed by atoms with van der Waals surface area (Å²) < 4.78 is 11.5. The van der Waals surface area contributed by atoms with Gasteiger partial charge >= 0.3 is 100 Å². The SMILES string of the molecule is C/C=[C](/OC)[Sn]([CH2]CC)([CH2]CC)[CH2]CC. The van der Waals surface area contributed by atoms with E-state index in [1.54, 1.807) is 0 Å². The molecule has 0 aromatic rings. The normalized spacial score (nSPS) is 13.0. The van der Waals surface area contributed by atoms with Crippen molar-refractivity contribution in [1.29, 1.82) is 0 Å². The molecule has 0 aromatic heterocycles. The van der Waals surface area contributed by atoms with Gasteiger partial charge in [-0.2, -0.15) is 0 Å². The number of ether oxygens (including phenoxy) is 1. The molecule has 15 heavy (non-hydrogen) atoms. The van der Waals surface area contributed by atoms with Gasteiger partial charge in [-0.3, -0.25) is 0 Å². The molecule has 0 heterocycles. The zero-order valence-electron chi connectivity index (χ0n) is 11.2. The van der Waals surface area contributed by atoms with Crippen LogP contribution in [0.25, 0.3) is 0 Å². The van der Waals surface area contributed by atoms with Crippen LogP contribution in [0.15, 0.2) is 9.85 Å². The van der Waals surface area contributed by atoms with Crippen LogP contribution in [0.1, 0.15) is 47.0 Å². The molecule has 0 saturated heterocycles. The second-order valence-corrected chi connectivity index (χ2v) is 17.4. The average Bonchev–Trinajstić information content (AvgIpc) is 2.20. The molecule has 2 heteroatoms. The Morgan fingerprint density at radius 2 is 1.40 bits per heavy atom. The van der Waals surface area contributed by atoms with Gasteiger partial charge in [-0.25, -0.2) is 0 Å². The first-order valence-electron chi connectivity index (χ1n) is 6.41. The van der Waals surface area contributed by atoms with Gasteiger partial charge in [-0.1, -0.05) is 0 Å². The summed E-state index contributed by atoms with van der Waals surface area (Å²) in [6.45, 7) is 9.10. The van der Waals surface area contributed by atoms with Crippen LogP contribution in [-0.4, -0.2) is 25.5 Å². The molecule has 0 rings (SSSR count). The Labute approximate surface area is 100 Å². The van der Waals surface area contributed by atoms with Gasteiger partial charge in [0, 0.05) is 0 Å². The molecule has 0 radical (unpaired) electrons. The molecule has 0 fully saturated rings. The molecule has 0 aromatic carbocycles. The average molecular weight is 319 g/mol. The van der Waals surface area contributed by atoms with Crippen LogP contribution in [0, 0.1) is 0 Å². The van der Waals surface area contributed by atoms with Gasteiger partial charge in [-0.15, -0.1) is 0 Å². The summed E-state index contributed by atoms with van der Waals surface area (Å²) in [4.78, 5) is 0. The summed E-state index contributed by atoms with van der Waals surface area (Å²) in [6.07, 6.45) is 6.24.